The van der Waals surface area contributed by atoms with Crippen LogP contribution in [-0.4, -0.2) is 197 Å². The molecule has 3 atom stereocenters. The molecule has 7 N–H and O–H groups in total. The van der Waals surface area contributed by atoms with Crippen molar-refractivity contribution in [1.29, 1.82) is 0 Å². The fourth-order valence-electron chi connectivity index (χ4n) is 6.09. The van der Waals surface area contributed by atoms with Gasteiger partial charge in [0.05, 0.1) is 71.5 Å². The summed E-state index contributed by atoms with van der Waals surface area (Å²) in [4.78, 5) is 48.7. The van der Waals surface area contributed by atoms with E-state index in [1.165, 1.54) is 25.7 Å². The van der Waals surface area contributed by atoms with Crippen LogP contribution >= 0.6 is 0 Å². The summed E-state index contributed by atoms with van der Waals surface area (Å²) >= 11 is 0. The summed E-state index contributed by atoms with van der Waals surface area (Å²) in [6, 6.07) is 0. The molecule has 0 aromatic carbocycles. The number of rotatable bonds is 42. The minimum absolute atomic E-state index is 0. The third kappa shape index (κ3) is 59.7. The van der Waals surface area contributed by atoms with E-state index < -0.39 is 45.7 Å². The topological polar surface area (TPSA) is 281 Å². The molecule has 17 nitrogen and oxygen atoms in total. The number of esters is 4. The van der Waals surface area contributed by atoms with Crippen LogP contribution in [0.3, 0.4) is 0 Å². The van der Waals surface area contributed by atoms with E-state index >= 15 is 0 Å². The van der Waals surface area contributed by atoms with Crippen molar-refractivity contribution in [3.8, 4) is 0 Å². The van der Waals surface area contributed by atoms with Crippen LogP contribution in [0.5, 0.6) is 0 Å². The Morgan fingerprint density at radius 2 is 0.838 bits per heavy atom. The van der Waals surface area contributed by atoms with Crippen molar-refractivity contribution in [1.82, 2.24) is 0 Å². The number of carbonyl (C=O) groups is 4. The van der Waals surface area contributed by atoms with Crippen molar-refractivity contribution >= 4 is 93.1 Å². The van der Waals surface area contributed by atoms with Gasteiger partial charge in [0, 0.05) is 12.8 Å². The molecule has 0 aromatic heterocycles. The fourth-order valence-corrected chi connectivity index (χ4v) is 6.73. The molecule has 0 spiro atoms. The normalized spacial score (nSPS) is 12.4. The first-order chi connectivity index (χ1) is 31.7. The maximum absolute atomic E-state index is 12.3. The molecule has 0 aliphatic rings. The molecular formula is C48H92Na2O17S. The van der Waals surface area contributed by atoms with Gasteiger partial charge < -0.3 is 49.6 Å². The molecule has 0 saturated carbocycles. The molecule has 0 fully saturated rings. The van der Waals surface area contributed by atoms with E-state index in [0.717, 1.165) is 96.3 Å². The van der Waals surface area contributed by atoms with E-state index in [-0.39, 0.29) is 111 Å². The monoisotopic (exact) mass is 1020 g/mol. The Kier molecular flexibility index (Phi) is 66.1. The molecular weight excluding hydrogens is 927 g/mol. The van der Waals surface area contributed by atoms with Crippen LogP contribution in [-0.2, 0) is 48.2 Å². The van der Waals surface area contributed by atoms with Gasteiger partial charge in [0.1, 0.15) is 0 Å². The molecule has 0 bridgehead atoms. The predicted octanol–water partition coefficient (Wildman–Crippen LogP) is 5.47. The van der Waals surface area contributed by atoms with Gasteiger partial charge in [-0.05, 0) is 64.2 Å². The molecule has 0 radical (unpaired) electrons. The summed E-state index contributed by atoms with van der Waals surface area (Å²) < 4.78 is 51.5. The van der Waals surface area contributed by atoms with Gasteiger partial charge in [-0.15, -0.1) is 0 Å². The number of carbonyl (C=O) groups excluding carboxylic acids is 4. The summed E-state index contributed by atoms with van der Waals surface area (Å²) in [7, 11) is -5.12. The van der Waals surface area contributed by atoms with Gasteiger partial charge >= 0.3 is 83.0 Å². The Morgan fingerprint density at radius 1 is 0.485 bits per heavy atom. The second-order valence-corrected chi connectivity index (χ2v) is 17.6. The predicted molar refractivity (Wildman–Crippen MR) is 268 cm³/mol. The average molecular weight is 1020 g/mol. The second-order valence-electron chi connectivity index (χ2n) is 16.0. The van der Waals surface area contributed by atoms with Gasteiger partial charge in [-0.25, -0.2) is 0 Å². The van der Waals surface area contributed by atoms with Crippen molar-refractivity contribution in [2.45, 2.75) is 205 Å². The van der Waals surface area contributed by atoms with Crippen LogP contribution in [0.2, 0.25) is 0 Å². The van der Waals surface area contributed by atoms with E-state index in [1.807, 2.05) is 12.2 Å². The van der Waals surface area contributed by atoms with Crippen LogP contribution in [0.4, 0.5) is 0 Å². The SMILES string of the molecule is CCCCCC[C@@H](O)C/C=C\CCCCCCCC(=O)OC(=O)CC(C(=O)OC(=O)CCCCCCC/C=C\C[C@H](O)CCCCCC)S(=O)(=O)O.OCCOCCO.OCCOCCO.[NaH].[NaH]. The Bertz CT molecular complexity index is 1290. The van der Waals surface area contributed by atoms with Crippen LogP contribution in [0.15, 0.2) is 24.3 Å². The first-order valence-corrected chi connectivity index (χ1v) is 25.9. The zero-order valence-corrected chi connectivity index (χ0v) is 41.2. The third-order valence-corrected chi connectivity index (χ3v) is 10.9. The number of hydrogen-bond donors (Lipinski definition) is 7. The zero-order valence-electron chi connectivity index (χ0n) is 40.4. The number of ether oxygens (including phenoxy) is 4. The van der Waals surface area contributed by atoms with E-state index in [9.17, 15) is 42.4 Å². The number of allylic oxidation sites excluding steroid dienone is 2. The Morgan fingerprint density at radius 3 is 1.21 bits per heavy atom. The summed E-state index contributed by atoms with van der Waals surface area (Å²) in [6.45, 7) is 5.71. The van der Waals surface area contributed by atoms with Crippen LogP contribution < -0.4 is 0 Å². The van der Waals surface area contributed by atoms with Gasteiger partial charge in [0.15, 0.2) is 5.25 Å². The van der Waals surface area contributed by atoms with E-state index in [4.69, 9.17) is 20.4 Å². The molecule has 394 valence electrons. The summed E-state index contributed by atoms with van der Waals surface area (Å²) in [5, 5.41) is 49.9. The van der Waals surface area contributed by atoms with Crippen molar-refractivity contribution in [3.05, 3.63) is 24.3 Å². The van der Waals surface area contributed by atoms with Gasteiger partial charge in [0.25, 0.3) is 10.1 Å². The van der Waals surface area contributed by atoms with Gasteiger partial charge in [-0.3, -0.25) is 23.7 Å². The van der Waals surface area contributed by atoms with Crippen molar-refractivity contribution in [2.24, 2.45) is 0 Å². The number of aliphatic hydroxyl groups excluding tert-OH is 6. The molecule has 20 heteroatoms. The van der Waals surface area contributed by atoms with Crippen LogP contribution in [0.25, 0.3) is 0 Å². The van der Waals surface area contributed by atoms with Crippen LogP contribution in [0.1, 0.15) is 187 Å². The standard InChI is InChI=1S/C40H70O11S.2C4H10O3.2Na.2H/c1-3-5-7-21-27-34(41)29-23-17-13-9-11-15-19-25-31-37(43)50-39(45)33-36(52(47,48)49)40(46)51-38(44)32-26-20-16-12-10-14-18-24-30-35(42)28-22-8-6-4-2;2*5-1-3-7-4-2-6;;;;/h17-18,23-24,34-36,41-42H,3-16,19-22,25-33H2,1-2H3,(H,47,48,49);2*5-6H,1-4H2;;;;/b23-17-,24-18-;;;;;;/t34-,35-,36?;;;;;;/m1....../s1. The maximum atomic E-state index is 12.3. The molecule has 68 heavy (non-hydrogen) atoms. The Labute approximate surface area is 453 Å². The summed E-state index contributed by atoms with van der Waals surface area (Å²) in [6.07, 6.45) is 28.1. The zero-order chi connectivity index (χ0) is 49.9. The van der Waals surface area contributed by atoms with Crippen molar-refractivity contribution in [2.75, 3.05) is 52.9 Å². The van der Waals surface area contributed by atoms with E-state index in [1.54, 1.807) is 0 Å². The number of unbranched alkanes of at least 4 members (excludes halogenated alkanes) is 16. The number of hydrogen-bond acceptors (Lipinski definition) is 16. The quantitative estimate of drug-likeness (QED) is 0.00997. The van der Waals surface area contributed by atoms with E-state index in [0.29, 0.717) is 58.5 Å². The van der Waals surface area contributed by atoms with Gasteiger partial charge in [-0.1, -0.05) is 128 Å². The first-order valence-electron chi connectivity index (χ1n) is 24.4. The molecule has 0 aromatic rings. The summed E-state index contributed by atoms with van der Waals surface area (Å²) in [5.74, 6) is -4.75. The molecule has 1 unspecified atom stereocenters. The van der Waals surface area contributed by atoms with E-state index in [2.05, 4.69) is 44.9 Å². The average Bonchev–Trinajstić information content (AvgIpc) is 3.27. The Balaban J connectivity index is -0.000000711. The second kappa shape index (κ2) is 58.9. The third-order valence-electron chi connectivity index (χ3n) is 9.79. The van der Waals surface area contributed by atoms with Gasteiger partial charge in [-0.2, -0.15) is 8.42 Å². The molecule has 0 rings (SSSR count). The van der Waals surface area contributed by atoms with Crippen molar-refractivity contribution in [3.63, 3.8) is 0 Å². The molecule has 0 heterocycles. The Hall–Kier alpha value is -0.650. The minimum atomic E-state index is -5.12. The number of aliphatic hydroxyl groups is 6. The van der Waals surface area contributed by atoms with Gasteiger partial charge in [0.2, 0.25) is 0 Å². The van der Waals surface area contributed by atoms with Crippen molar-refractivity contribution < 1.29 is 81.7 Å². The summed E-state index contributed by atoms with van der Waals surface area (Å²) in [5.41, 5.74) is 0. The molecule has 0 amide bonds. The fraction of sp³-hybridized carbons (Fsp3) is 0.833. The molecule has 0 saturated heterocycles. The molecule has 0 aliphatic carbocycles. The molecule has 0 aliphatic heterocycles. The first kappa shape index (κ1) is 76.3. The van der Waals surface area contributed by atoms with Crippen LogP contribution in [0, 0.1) is 0 Å².